The average Bonchev–Trinajstić information content (AvgIpc) is 2.89. The minimum absolute atomic E-state index is 0.00288. The maximum Gasteiger partial charge on any atom is 0.226 e. The summed E-state index contributed by atoms with van der Waals surface area (Å²) >= 11 is 1.59. The highest BCUT2D eigenvalue weighted by Crippen LogP contribution is 2.37. The van der Waals surface area contributed by atoms with Crippen LogP contribution in [0.25, 0.3) is 0 Å². The molecule has 1 N–H and O–H groups in total. The molecule has 24 heavy (non-hydrogen) atoms. The van der Waals surface area contributed by atoms with Crippen molar-refractivity contribution in [2.24, 2.45) is 0 Å². The number of carbonyl (C=O) groups excluding carboxylic acids is 1. The number of hydrogen-bond acceptors (Lipinski definition) is 5. The summed E-state index contributed by atoms with van der Waals surface area (Å²) in [6, 6.07) is 2.29. The van der Waals surface area contributed by atoms with Crippen molar-refractivity contribution in [2.75, 3.05) is 25.0 Å². The first-order valence-corrected chi connectivity index (χ1v) is 9.60. The summed E-state index contributed by atoms with van der Waals surface area (Å²) in [6.07, 6.45) is 5.20. The van der Waals surface area contributed by atoms with E-state index in [1.807, 2.05) is 0 Å². The Kier molecular flexibility index (Phi) is 5.54. The normalized spacial score (nSPS) is 24.2. The lowest BCUT2D eigenvalue weighted by Gasteiger charge is -2.35. The molecule has 2 heterocycles. The van der Waals surface area contributed by atoms with Crippen LogP contribution in [0, 0.1) is 11.3 Å². The fourth-order valence-corrected chi connectivity index (χ4v) is 4.94. The number of ether oxygens (including phenoxy) is 1. The Balaban J connectivity index is 1.57. The summed E-state index contributed by atoms with van der Waals surface area (Å²) in [6.45, 7) is 6.61. The highest BCUT2D eigenvalue weighted by Gasteiger charge is 2.24. The molecule has 1 fully saturated rings. The Hall–Kier alpha value is -1.42. The van der Waals surface area contributed by atoms with Gasteiger partial charge in [0.25, 0.3) is 0 Å². The Bertz CT molecular complexity index is 639. The largest absolute Gasteiger partial charge is 0.373 e. The van der Waals surface area contributed by atoms with Gasteiger partial charge in [-0.1, -0.05) is 0 Å². The van der Waals surface area contributed by atoms with Gasteiger partial charge in [-0.3, -0.25) is 9.69 Å². The molecule has 0 radical (unpaired) electrons. The number of fused-ring (bicyclic) bond motifs is 1. The van der Waals surface area contributed by atoms with E-state index in [1.54, 1.807) is 11.3 Å². The quantitative estimate of drug-likeness (QED) is 0.909. The summed E-state index contributed by atoms with van der Waals surface area (Å²) in [7, 11) is 0. The lowest BCUT2D eigenvalue weighted by molar-refractivity contribution is -0.117. The molecule has 6 heteroatoms. The number of nitrogens with one attached hydrogen (secondary N) is 1. The molecule has 0 unspecified atom stereocenters. The van der Waals surface area contributed by atoms with Crippen molar-refractivity contribution in [1.29, 1.82) is 5.26 Å². The second-order valence-electron chi connectivity index (χ2n) is 6.84. The van der Waals surface area contributed by atoms with Crippen LogP contribution in [0.5, 0.6) is 0 Å². The van der Waals surface area contributed by atoms with Crippen LogP contribution < -0.4 is 5.32 Å². The molecule has 1 aliphatic carbocycles. The van der Waals surface area contributed by atoms with Gasteiger partial charge < -0.3 is 10.1 Å². The molecular formula is C18H25N3O2S. The smallest absolute Gasteiger partial charge is 0.226 e. The molecule has 0 aromatic carbocycles. The Morgan fingerprint density at radius 1 is 1.33 bits per heavy atom. The molecule has 3 rings (SSSR count). The van der Waals surface area contributed by atoms with Gasteiger partial charge >= 0.3 is 0 Å². The number of thiophene rings is 1. The van der Waals surface area contributed by atoms with Crippen LogP contribution in [-0.2, 0) is 22.4 Å². The van der Waals surface area contributed by atoms with E-state index >= 15 is 0 Å². The molecule has 5 nitrogen and oxygen atoms in total. The molecular weight excluding hydrogens is 322 g/mol. The summed E-state index contributed by atoms with van der Waals surface area (Å²) < 4.78 is 5.72. The first kappa shape index (κ1) is 17.4. The van der Waals surface area contributed by atoms with E-state index in [0.717, 1.165) is 43.9 Å². The van der Waals surface area contributed by atoms with E-state index in [1.165, 1.54) is 16.9 Å². The maximum absolute atomic E-state index is 12.3. The lowest BCUT2D eigenvalue weighted by atomic mass is 9.96. The number of rotatable bonds is 4. The van der Waals surface area contributed by atoms with E-state index in [4.69, 9.17) is 4.74 Å². The maximum atomic E-state index is 12.3. The molecule has 0 spiro atoms. The van der Waals surface area contributed by atoms with E-state index in [2.05, 4.69) is 30.1 Å². The van der Waals surface area contributed by atoms with Crippen LogP contribution in [0.4, 0.5) is 5.00 Å². The standard InChI is InChI=1S/C18H25N3O2S/c1-12-10-21(11-13(2)23-12)8-7-17(22)20-18-15(9-19)14-5-3-4-6-16(14)24-18/h12-13H,3-8,10-11H2,1-2H3,(H,20,22)/t12-,13-/m1/s1. The molecule has 1 aliphatic heterocycles. The van der Waals surface area contributed by atoms with Crippen LogP contribution in [0.1, 0.15) is 49.1 Å². The molecule has 2 atom stereocenters. The highest BCUT2D eigenvalue weighted by molar-refractivity contribution is 7.16. The van der Waals surface area contributed by atoms with Gasteiger partial charge in [0.05, 0.1) is 17.8 Å². The van der Waals surface area contributed by atoms with E-state index < -0.39 is 0 Å². The van der Waals surface area contributed by atoms with Gasteiger partial charge in [0.2, 0.25) is 5.91 Å². The second kappa shape index (κ2) is 7.64. The number of nitrogens with zero attached hydrogens (tertiary/aromatic N) is 2. The van der Waals surface area contributed by atoms with E-state index in [0.29, 0.717) is 12.0 Å². The molecule has 1 amide bonds. The summed E-state index contributed by atoms with van der Waals surface area (Å²) in [5.41, 5.74) is 1.86. The lowest BCUT2D eigenvalue weighted by Crippen LogP contribution is -2.46. The van der Waals surface area contributed by atoms with Crippen molar-refractivity contribution in [3.05, 3.63) is 16.0 Å². The van der Waals surface area contributed by atoms with Crippen molar-refractivity contribution in [2.45, 2.75) is 58.2 Å². The van der Waals surface area contributed by atoms with Crippen LogP contribution >= 0.6 is 11.3 Å². The molecule has 130 valence electrons. The minimum atomic E-state index is -0.00288. The fourth-order valence-electron chi connectivity index (χ4n) is 3.69. The van der Waals surface area contributed by atoms with Crippen molar-refractivity contribution >= 4 is 22.2 Å². The SMILES string of the molecule is C[C@@H]1CN(CCC(=O)Nc2sc3c(c2C#N)CCCC3)C[C@@H](C)O1. The molecule has 1 aromatic heterocycles. The predicted octanol–water partition coefficient (Wildman–Crippen LogP) is 2.94. The predicted molar refractivity (Wildman–Crippen MR) is 95.4 cm³/mol. The van der Waals surface area contributed by atoms with E-state index in [9.17, 15) is 10.1 Å². The van der Waals surface area contributed by atoms with Crippen molar-refractivity contribution in [1.82, 2.24) is 4.90 Å². The molecule has 0 saturated carbocycles. The van der Waals surface area contributed by atoms with Crippen LogP contribution in [0.2, 0.25) is 0 Å². The zero-order chi connectivity index (χ0) is 17.1. The molecule has 1 aromatic rings. The monoisotopic (exact) mass is 347 g/mol. The number of amides is 1. The fraction of sp³-hybridized carbons (Fsp3) is 0.667. The Morgan fingerprint density at radius 3 is 2.75 bits per heavy atom. The van der Waals surface area contributed by atoms with Gasteiger partial charge in [0, 0.05) is 30.9 Å². The molecule has 0 bridgehead atoms. The van der Waals surface area contributed by atoms with Crippen molar-refractivity contribution < 1.29 is 9.53 Å². The van der Waals surface area contributed by atoms with Crippen LogP contribution in [-0.4, -0.2) is 42.6 Å². The Morgan fingerprint density at radius 2 is 2.04 bits per heavy atom. The first-order chi connectivity index (χ1) is 11.6. The van der Waals surface area contributed by atoms with Gasteiger partial charge in [-0.15, -0.1) is 11.3 Å². The van der Waals surface area contributed by atoms with Gasteiger partial charge in [0.15, 0.2) is 0 Å². The average molecular weight is 347 g/mol. The van der Waals surface area contributed by atoms with Gasteiger partial charge in [-0.05, 0) is 45.1 Å². The number of anilines is 1. The minimum Gasteiger partial charge on any atom is -0.373 e. The third-order valence-electron chi connectivity index (χ3n) is 4.69. The number of nitriles is 1. The summed E-state index contributed by atoms with van der Waals surface area (Å²) in [4.78, 5) is 15.9. The van der Waals surface area contributed by atoms with Crippen LogP contribution in [0.3, 0.4) is 0 Å². The first-order valence-electron chi connectivity index (χ1n) is 8.79. The van der Waals surface area contributed by atoms with Gasteiger partial charge in [-0.2, -0.15) is 5.26 Å². The molecule has 2 aliphatic rings. The second-order valence-corrected chi connectivity index (χ2v) is 7.95. The van der Waals surface area contributed by atoms with Gasteiger partial charge in [-0.25, -0.2) is 0 Å². The van der Waals surface area contributed by atoms with Gasteiger partial charge in [0.1, 0.15) is 11.1 Å². The zero-order valence-electron chi connectivity index (χ0n) is 14.4. The zero-order valence-corrected chi connectivity index (χ0v) is 15.2. The molecule has 1 saturated heterocycles. The van der Waals surface area contributed by atoms with E-state index in [-0.39, 0.29) is 18.1 Å². The number of morpholine rings is 1. The number of aryl methyl sites for hydroxylation is 1. The summed E-state index contributed by atoms with van der Waals surface area (Å²) in [5.74, 6) is -0.00288. The van der Waals surface area contributed by atoms with Crippen molar-refractivity contribution in [3.8, 4) is 6.07 Å². The number of hydrogen-bond donors (Lipinski definition) is 1. The van der Waals surface area contributed by atoms with Crippen LogP contribution in [0.15, 0.2) is 0 Å². The Labute approximate surface area is 147 Å². The third-order valence-corrected chi connectivity index (χ3v) is 5.89. The topological polar surface area (TPSA) is 65.4 Å². The third kappa shape index (κ3) is 3.97. The number of carbonyl (C=O) groups is 1. The van der Waals surface area contributed by atoms with Crippen molar-refractivity contribution in [3.63, 3.8) is 0 Å². The summed E-state index contributed by atoms with van der Waals surface area (Å²) in [5, 5.41) is 13.2. The highest BCUT2D eigenvalue weighted by atomic mass is 32.1.